The fraction of sp³-hybridized carbons (Fsp3) is 1.00. The van der Waals surface area contributed by atoms with Gasteiger partial charge in [0.1, 0.15) is 0 Å². The van der Waals surface area contributed by atoms with Gasteiger partial charge in [-0.15, -0.1) is 0 Å². The molecule has 1 saturated heterocycles. The maximum absolute atomic E-state index is 3.49. The van der Waals surface area contributed by atoms with Crippen LogP contribution < -0.4 is 5.32 Å². The third kappa shape index (κ3) is 3.27. The van der Waals surface area contributed by atoms with Crippen LogP contribution >= 0.6 is 0 Å². The highest BCUT2D eigenvalue weighted by atomic mass is 14.9. The second-order valence-electron chi connectivity index (χ2n) is 5.31. The van der Waals surface area contributed by atoms with Gasteiger partial charge in [-0.05, 0) is 37.8 Å². The van der Waals surface area contributed by atoms with Crippen LogP contribution in [-0.2, 0) is 0 Å². The van der Waals surface area contributed by atoms with Crippen LogP contribution in [0.25, 0.3) is 0 Å². The van der Waals surface area contributed by atoms with Gasteiger partial charge in [0.15, 0.2) is 0 Å². The average Bonchev–Trinajstić information content (AvgIpc) is 2.62. The van der Waals surface area contributed by atoms with Gasteiger partial charge in [-0.25, -0.2) is 0 Å². The summed E-state index contributed by atoms with van der Waals surface area (Å²) in [4.78, 5) is 0. The fourth-order valence-electron chi connectivity index (χ4n) is 3.16. The molecule has 0 radical (unpaired) electrons. The number of hydrogen-bond acceptors (Lipinski definition) is 1. The van der Waals surface area contributed by atoms with Crippen molar-refractivity contribution in [3.63, 3.8) is 0 Å². The Morgan fingerprint density at radius 3 is 2.14 bits per heavy atom. The van der Waals surface area contributed by atoms with E-state index in [0.717, 1.165) is 11.8 Å². The molecule has 1 unspecified atom stereocenters. The van der Waals surface area contributed by atoms with Crippen molar-refractivity contribution >= 4 is 0 Å². The van der Waals surface area contributed by atoms with Crippen molar-refractivity contribution in [1.29, 1.82) is 0 Å². The molecule has 14 heavy (non-hydrogen) atoms. The zero-order valence-corrected chi connectivity index (χ0v) is 9.43. The topological polar surface area (TPSA) is 12.0 Å². The Bertz CT molecular complexity index is 141. The molecule has 1 heterocycles. The Balaban J connectivity index is 1.70. The van der Waals surface area contributed by atoms with Crippen molar-refractivity contribution in [3.8, 4) is 0 Å². The molecule has 2 rings (SSSR count). The summed E-state index contributed by atoms with van der Waals surface area (Å²) < 4.78 is 0. The summed E-state index contributed by atoms with van der Waals surface area (Å²) in [6, 6.07) is 0. The molecule has 82 valence electrons. The fourth-order valence-corrected chi connectivity index (χ4v) is 3.16. The number of rotatable bonds is 2. The van der Waals surface area contributed by atoms with Crippen LogP contribution in [0.1, 0.15) is 57.8 Å². The Labute approximate surface area is 88.7 Å². The van der Waals surface area contributed by atoms with E-state index in [1.54, 1.807) is 0 Å². The number of hydrogen-bond donors (Lipinski definition) is 1. The van der Waals surface area contributed by atoms with Gasteiger partial charge >= 0.3 is 0 Å². The molecular weight excluding hydrogens is 170 g/mol. The third-order valence-electron chi connectivity index (χ3n) is 4.05. The van der Waals surface area contributed by atoms with Crippen molar-refractivity contribution in [2.24, 2.45) is 11.8 Å². The molecule has 1 nitrogen and oxygen atoms in total. The van der Waals surface area contributed by atoms with Gasteiger partial charge in [0, 0.05) is 0 Å². The second-order valence-corrected chi connectivity index (χ2v) is 5.31. The first-order valence-electron chi connectivity index (χ1n) is 6.66. The van der Waals surface area contributed by atoms with E-state index >= 15 is 0 Å². The quantitative estimate of drug-likeness (QED) is 0.712. The lowest BCUT2D eigenvalue weighted by Gasteiger charge is -2.22. The lowest BCUT2D eigenvalue weighted by Crippen LogP contribution is -2.13. The van der Waals surface area contributed by atoms with Crippen LogP contribution in [0.5, 0.6) is 0 Å². The number of nitrogens with one attached hydrogen (secondary N) is 1. The molecule has 1 aliphatic carbocycles. The zero-order valence-electron chi connectivity index (χ0n) is 9.43. The van der Waals surface area contributed by atoms with Crippen molar-refractivity contribution in [2.45, 2.75) is 57.8 Å². The first-order valence-corrected chi connectivity index (χ1v) is 6.66. The van der Waals surface area contributed by atoms with Gasteiger partial charge in [0.25, 0.3) is 0 Å². The van der Waals surface area contributed by atoms with E-state index in [-0.39, 0.29) is 0 Å². The van der Waals surface area contributed by atoms with Gasteiger partial charge in [0.05, 0.1) is 0 Å². The first kappa shape index (κ1) is 10.5. The zero-order chi connectivity index (χ0) is 9.64. The molecular formula is C13H25N. The summed E-state index contributed by atoms with van der Waals surface area (Å²) >= 11 is 0. The second kappa shape index (κ2) is 5.75. The Hall–Kier alpha value is -0.0400. The van der Waals surface area contributed by atoms with Crippen LogP contribution in [0.15, 0.2) is 0 Å². The van der Waals surface area contributed by atoms with E-state index in [2.05, 4.69) is 5.32 Å². The Morgan fingerprint density at radius 1 is 0.786 bits per heavy atom. The molecule has 0 aromatic rings. The minimum absolute atomic E-state index is 1.01. The highest BCUT2D eigenvalue weighted by Crippen LogP contribution is 2.29. The van der Waals surface area contributed by atoms with E-state index in [1.165, 1.54) is 70.9 Å². The maximum atomic E-state index is 3.49. The minimum atomic E-state index is 1.01. The SMILES string of the molecule is C1CCCC(CC2CCNC2)CCC1. The van der Waals surface area contributed by atoms with Crippen molar-refractivity contribution < 1.29 is 0 Å². The van der Waals surface area contributed by atoms with E-state index in [0.29, 0.717) is 0 Å². The standard InChI is InChI=1S/C13H25N/c1-2-4-6-12(7-5-3-1)10-13-8-9-14-11-13/h12-14H,1-11H2. The van der Waals surface area contributed by atoms with Crippen LogP contribution in [0, 0.1) is 11.8 Å². The van der Waals surface area contributed by atoms with Crippen molar-refractivity contribution in [3.05, 3.63) is 0 Å². The van der Waals surface area contributed by atoms with E-state index < -0.39 is 0 Å². The van der Waals surface area contributed by atoms with E-state index in [1.807, 2.05) is 0 Å². The van der Waals surface area contributed by atoms with Crippen LogP contribution in [0.3, 0.4) is 0 Å². The van der Waals surface area contributed by atoms with Gasteiger partial charge in [0.2, 0.25) is 0 Å². The summed E-state index contributed by atoms with van der Waals surface area (Å²) in [5.41, 5.74) is 0. The van der Waals surface area contributed by atoms with Gasteiger partial charge in [-0.2, -0.15) is 0 Å². The lowest BCUT2D eigenvalue weighted by atomic mass is 9.84. The molecule has 1 aliphatic heterocycles. The smallest absolute Gasteiger partial charge is 0.00199 e. The maximum Gasteiger partial charge on any atom is -0.00199 e. The van der Waals surface area contributed by atoms with Crippen molar-refractivity contribution in [2.75, 3.05) is 13.1 Å². The molecule has 0 aromatic heterocycles. The molecule has 1 N–H and O–H groups in total. The van der Waals surface area contributed by atoms with Crippen LogP contribution in [0.2, 0.25) is 0 Å². The van der Waals surface area contributed by atoms with Crippen LogP contribution in [-0.4, -0.2) is 13.1 Å². The van der Waals surface area contributed by atoms with E-state index in [4.69, 9.17) is 0 Å². The van der Waals surface area contributed by atoms with Gasteiger partial charge in [-0.1, -0.05) is 44.9 Å². The van der Waals surface area contributed by atoms with Gasteiger partial charge < -0.3 is 5.32 Å². The first-order chi connectivity index (χ1) is 6.95. The largest absolute Gasteiger partial charge is 0.316 e. The Morgan fingerprint density at radius 2 is 1.50 bits per heavy atom. The molecule has 1 atom stereocenters. The minimum Gasteiger partial charge on any atom is -0.316 e. The molecule has 0 bridgehead atoms. The molecule has 1 saturated carbocycles. The molecule has 0 aromatic carbocycles. The summed E-state index contributed by atoms with van der Waals surface area (Å²) in [7, 11) is 0. The van der Waals surface area contributed by atoms with Crippen LogP contribution in [0.4, 0.5) is 0 Å². The van der Waals surface area contributed by atoms with Gasteiger partial charge in [-0.3, -0.25) is 0 Å². The highest BCUT2D eigenvalue weighted by molar-refractivity contribution is 4.75. The summed E-state index contributed by atoms with van der Waals surface area (Å²) in [5.74, 6) is 2.08. The lowest BCUT2D eigenvalue weighted by molar-refractivity contribution is 0.313. The predicted molar refractivity (Wildman–Crippen MR) is 61.4 cm³/mol. The predicted octanol–water partition coefficient (Wildman–Crippen LogP) is 3.35. The monoisotopic (exact) mass is 195 g/mol. The molecule has 1 heteroatoms. The summed E-state index contributed by atoms with van der Waals surface area (Å²) in [5, 5.41) is 3.49. The molecule has 2 aliphatic rings. The molecule has 0 spiro atoms. The normalized spacial score (nSPS) is 31.3. The van der Waals surface area contributed by atoms with Crippen molar-refractivity contribution in [1.82, 2.24) is 5.32 Å². The summed E-state index contributed by atoms with van der Waals surface area (Å²) in [6.07, 6.45) is 13.5. The summed E-state index contributed by atoms with van der Waals surface area (Å²) in [6.45, 7) is 2.58. The molecule has 2 fully saturated rings. The van der Waals surface area contributed by atoms with E-state index in [9.17, 15) is 0 Å². The average molecular weight is 195 g/mol. The highest BCUT2D eigenvalue weighted by Gasteiger charge is 2.20. The Kier molecular flexibility index (Phi) is 4.30. The third-order valence-corrected chi connectivity index (χ3v) is 4.05. The molecule has 0 amide bonds.